The van der Waals surface area contributed by atoms with Crippen LogP contribution in [0, 0.1) is 0 Å². The Labute approximate surface area is 42.0 Å². The fraction of sp³-hybridized carbons (Fsp3) is 1.00. The molecule has 26 valence electrons. The van der Waals surface area contributed by atoms with Gasteiger partial charge in [0, 0.05) is 0 Å². The van der Waals surface area contributed by atoms with Gasteiger partial charge in [0.05, 0.1) is 0 Å². The molecule has 0 aliphatic carbocycles. The van der Waals surface area contributed by atoms with E-state index in [4.69, 9.17) is 0 Å². The van der Waals surface area contributed by atoms with Gasteiger partial charge in [0.1, 0.15) is 0 Å². The van der Waals surface area contributed by atoms with Crippen LogP contribution in [0.25, 0.3) is 0 Å². The normalized spacial score (nSPS) is 15.2. The Morgan fingerprint density at radius 2 is 2.00 bits per heavy atom. The van der Waals surface area contributed by atoms with Crippen molar-refractivity contribution in [1.29, 1.82) is 0 Å². The van der Waals surface area contributed by atoms with Crippen LogP contribution in [-0.2, 0) is 0 Å². The Kier molecular flexibility index (Phi) is 3.05. The summed E-state index contributed by atoms with van der Waals surface area (Å²) in [6.45, 7) is 4.36. The molecule has 0 nitrogen and oxygen atoms in total. The van der Waals surface area contributed by atoms with Crippen LogP contribution in [0.3, 0.4) is 0 Å². The van der Waals surface area contributed by atoms with Gasteiger partial charge in [-0.2, -0.15) is 0 Å². The molecule has 0 aliphatic rings. The Balaban J connectivity index is 2.54. The minimum atomic E-state index is 0.801. The van der Waals surface area contributed by atoms with Crippen LogP contribution in [0.1, 0.15) is 20.3 Å². The first-order chi connectivity index (χ1) is 2.27. The molecule has 0 saturated carbocycles. The second kappa shape index (κ2) is 2.75. The van der Waals surface area contributed by atoms with Crippen molar-refractivity contribution in [3.63, 3.8) is 0 Å². The van der Waals surface area contributed by atoms with E-state index in [1.165, 1.54) is 6.42 Å². The van der Waals surface area contributed by atoms with Crippen LogP contribution in [0.2, 0.25) is 4.78 Å². The van der Waals surface area contributed by atoms with Gasteiger partial charge in [-0.3, -0.25) is 0 Å². The van der Waals surface area contributed by atoms with Crippen LogP contribution >= 0.6 is 0 Å². The molecular weight excluding hydrogens is 75.0 g/mol. The summed E-state index contributed by atoms with van der Waals surface area (Å²) in [6.07, 6.45) is 1.27. The van der Waals surface area contributed by atoms with E-state index in [0.29, 0.717) is 0 Å². The van der Waals surface area contributed by atoms with Crippen LogP contribution in [0.15, 0.2) is 0 Å². The molecule has 0 aromatic heterocycles. The molecular formula is C4H9Al+2. The maximum atomic E-state index is 2.73. The summed E-state index contributed by atoms with van der Waals surface area (Å²) < 4.78 is 0.801. The van der Waals surface area contributed by atoms with Crippen molar-refractivity contribution in [3.8, 4) is 0 Å². The maximum absolute atomic E-state index is 2.73. The van der Waals surface area contributed by atoms with Crippen molar-refractivity contribution < 1.29 is 0 Å². The summed E-state index contributed by atoms with van der Waals surface area (Å²) in [4.78, 5) is 0. The van der Waals surface area contributed by atoms with Crippen LogP contribution in [-0.4, -0.2) is 16.3 Å². The van der Waals surface area contributed by atoms with Crippen LogP contribution in [0.4, 0.5) is 0 Å². The van der Waals surface area contributed by atoms with Gasteiger partial charge < -0.3 is 0 Å². The molecule has 1 unspecified atom stereocenters. The number of hydrogen-bond donors (Lipinski definition) is 0. The third kappa shape index (κ3) is 4.53. The van der Waals surface area contributed by atoms with Gasteiger partial charge >= 0.3 is 41.3 Å². The molecule has 0 N–H and O–H groups in total. The summed E-state index contributed by atoms with van der Waals surface area (Å²) in [5.74, 6) is 0. The van der Waals surface area contributed by atoms with Gasteiger partial charge in [0.25, 0.3) is 0 Å². The van der Waals surface area contributed by atoms with Crippen molar-refractivity contribution in [2.75, 3.05) is 0 Å². The molecule has 0 radical (unpaired) electrons. The van der Waals surface area contributed by atoms with Crippen molar-refractivity contribution in [3.05, 3.63) is 0 Å². The first-order valence-electron chi connectivity index (χ1n) is 2.03. The van der Waals surface area contributed by atoms with Gasteiger partial charge in [0.15, 0.2) is 0 Å². The monoisotopic (exact) mass is 84.1 g/mol. The minimum absolute atomic E-state index is 0.801. The molecule has 0 aliphatic heterocycles. The predicted octanol–water partition coefficient (Wildman–Crippen LogP) is 1.37. The van der Waals surface area contributed by atoms with E-state index in [0.717, 1.165) is 4.78 Å². The second-order valence-corrected chi connectivity index (χ2v) is 2.52. The van der Waals surface area contributed by atoms with Crippen molar-refractivity contribution in [2.45, 2.75) is 25.0 Å². The fourth-order valence-electron chi connectivity index (χ4n) is 0. The standard InChI is InChI=1S/C4H9.Al/c1-3-4-2;/h3H,4H2,1-2H3;/q;+2. The van der Waals surface area contributed by atoms with E-state index in [-0.39, 0.29) is 0 Å². The topological polar surface area (TPSA) is 0 Å². The predicted molar refractivity (Wildman–Crippen MR) is 25.5 cm³/mol. The molecule has 0 spiro atoms. The average Bonchev–Trinajstić information content (AvgIpc) is 1.38. The Bertz CT molecular complexity index is 17.6. The summed E-state index contributed by atoms with van der Waals surface area (Å²) in [6, 6.07) is 0. The Morgan fingerprint density at radius 3 is 2.00 bits per heavy atom. The third-order valence-electron chi connectivity index (χ3n) is 0.644. The molecule has 0 bridgehead atoms. The SMILES string of the molecule is CC[CH](C)[Al+2]. The summed E-state index contributed by atoms with van der Waals surface area (Å²) in [7, 11) is 0. The number of hydrogen-bond acceptors (Lipinski definition) is 0. The third-order valence-corrected chi connectivity index (χ3v) is 1.12. The van der Waals surface area contributed by atoms with Crippen LogP contribution < -0.4 is 0 Å². The zero-order valence-electron chi connectivity index (χ0n) is 3.86. The Hall–Kier alpha value is 0.532. The Morgan fingerprint density at radius 1 is 1.80 bits per heavy atom. The van der Waals surface area contributed by atoms with E-state index in [1.54, 1.807) is 0 Å². The summed E-state index contributed by atoms with van der Waals surface area (Å²) >= 11 is 2.73. The molecule has 1 heteroatoms. The molecule has 0 aromatic carbocycles. The molecule has 0 aromatic rings. The van der Waals surface area contributed by atoms with Crippen LogP contribution in [0.5, 0.6) is 0 Å². The van der Waals surface area contributed by atoms with E-state index >= 15 is 0 Å². The quantitative estimate of drug-likeness (QED) is 0.421. The molecule has 0 amide bonds. The van der Waals surface area contributed by atoms with Gasteiger partial charge in [-0.05, 0) is 0 Å². The molecule has 0 fully saturated rings. The van der Waals surface area contributed by atoms with E-state index in [9.17, 15) is 0 Å². The van der Waals surface area contributed by atoms with E-state index in [1.807, 2.05) is 0 Å². The molecule has 5 heavy (non-hydrogen) atoms. The van der Waals surface area contributed by atoms with E-state index < -0.39 is 0 Å². The molecule has 0 heterocycles. The summed E-state index contributed by atoms with van der Waals surface area (Å²) in [5.41, 5.74) is 0. The first kappa shape index (κ1) is 5.53. The van der Waals surface area contributed by atoms with Crippen molar-refractivity contribution in [2.24, 2.45) is 0 Å². The van der Waals surface area contributed by atoms with Crippen molar-refractivity contribution >= 4 is 16.3 Å². The zero-order chi connectivity index (χ0) is 4.28. The van der Waals surface area contributed by atoms with E-state index in [2.05, 4.69) is 30.1 Å². The van der Waals surface area contributed by atoms with Crippen molar-refractivity contribution in [1.82, 2.24) is 0 Å². The van der Waals surface area contributed by atoms with Gasteiger partial charge in [-0.25, -0.2) is 0 Å². The first-order valence-corrected chi connectivity index (χ1v) is 2.69. The van der Waals surface area contributed by atoms with Gasteiger partial charge in [-0.1, -0.05) is 0 Å². The number of rotatable bonds is 1. The summed E-state index contributed by atoms with van der Waals surface area (Å²) in [5, 5.41) is 0. The average molecular weight is 84.1 g/mol. The molecule has 0 saturated heterocycles. The molecule has 1 atom stereocenters. The molecule has 0 rings (SSSR count). The van der Waals surface area contributed by atoms with Gasteiger partial charge in [0.2, 0.25) is 0 Å². The second-order valence-electron chi connectivity index (χ2n) is 1.39. The van der Waals surface area contributed by atoms with Gasteiger partial charge in [-0.15, -0.1) is 0 Å². The zero-order valence-corrected chi connectivity index (χ0v) is 5.02. The fourth-order valence-corrected chi connectivity index (χ4v) is 0.